The van der Waals surface area contributed by atoms with Crippen molar-refractivity contribution in [2.75, 3.05) is 26.3 Å². The van der Waals surface area contributed by atoms with Crippen molar-refractivity contribution in [2.24, 2.45) is 45.4 Å². The largest absolute Gasteiger partial charge is 0.508 e. The number of nitrogens with two attached hydrogens (primary N) is 3. The number of ketones is 1. The molecule has 0 unspecified atom stereocenters. The minimum Gasteiger partial charge on any atom is -0.508 e. The lowest BCUT2D eigenvalue weighted by Gasteiger charge is -2.56. The number of carbonyl (C=O) groups is 2. The van der Waals surface area contributed by atoms with Gasteiger partial charge in [-0.05, 0) is 153 Å². The molecule has 0 saturated heterocycles. The fourth-order valence-corrected chi connectivity index (χ4v) is 13.3. The molecule has 5 aliphatic rings. The number of phenols is 1. The van der Waals surface area contributed by atoms with Crippen LogP contribution in [0.25, 0.3) is 0 Å². The minimum atomic E-state index is -1.35. The molecule has 14 heteroatoms. The number of allylic oxidation sites excluding steroid dienone is 8. The van der Waals surface area contributed by atoms with Gasteiger partial charge in [-0.3, -0.25) is 19.9 Å². The first-order valence-electron chi connectivity index (χ1n) is 27.4. The third-order valence-electron chi connectivity index (χ3n) is 17.4. The van der Waals surface area contributed by atoms with Crippen molar-refractivity contribution in [2.45, 2.75) is 140 Å². The first-order valence-corrected chi connectivity index (χ1v) is 27.4. The molecule has 2 aliphatic carbocycles. The quantitative estimate of drug-likeness (QED) is 0.0560. The van der Waals surface area contributed by atoms with Crippen molar-refractivity contribution in [3.8, 4) is 17.6 Å². The van der Waals surface area contributed by atoms with Gasteiger partial charge in [0.1, 0.15) is 24.6 Å². The number of aliphatic hydroxyl groups is 4. The number of fused-ring (bicyclic) bond motifs is 4. The van der Waals surface area contributed by atoms with Gasteiger partial charge in [-0.15, -0.1) is 0 Å². The molecule has 1 spiro atoms. The monoisotopic (exact) mass is 1050 g/mol. The van der Waals surface area contributed by atoms with Gasteiger partial charge in [-0.1, -0.05) is 114 Å². The van der Waals surface area contributed by atoms with Gasteiger partial charge in [0.15, 0.2) is 11.7 Å². The van der Waals surface area contributed by atoms with Crippen molar-refractivity contribution in [1.82, 2.24) is 10.6 Å². The molecule has 3 heterocycles. The van der Waals surface area contributed by atoms with Gasteiger partial charge in [-0.25, -0.2) is 0 Å². The number of aromatic hydroxyl groups is 1. The maximum Gasteiger partial charge on any atom is 0.243 e. The molecule has 3 aromatic carbocycles. The lowest BCUT2D eigenvalue weighted by Crippen LogP contribution is -2.59. The van der Waals surface area contributed by atoms with Crippen LogP contribution in [0.5, 0.6) is 5.75 Å². The Labute approximate surface area is 454 Å². The molecule has 3 aromatic rings. The minimum absolute atomic E-state index is 0.0508. The third kappa shape index (κ3) is 13.1. The zero-order chi connectivity index (χ0) is 55.0. The molecular formula is C63H80N6O8. The summed E-state index contributed by atoms with van der Waals surface area (Å²) < 4.78 is 6.19. The number of carbonyl (C=O) groups excluding carboxylic acids is 2. The zero-order valence-electron chi connectivity index (χ0n) is 45.0. The Morgan fingerprint density at radius 1 is 0.961 bits per heavy atom. The van der Waals surface area contributed by atoms with E-state index in [1.54, 1.807) is 24.3 Å². The summed E-state index contributed by atoms with van der Waals surface area (Å²) in [6.45, 7) is 10.6. The Morgan fingerprint density at radius 3 is 2.48 bits per heavy atom. The molecule has 11 atom stereocenters. The number of Topliss-reactive ketones (excluding diaryl/α,β-unsaturated/α-hetero) is 1. The third-order valence-corrected chi connectivity index (χ3v) is 17.4. The normalized spacial score (nSPS) is 32.2. The SMILES string of the molecule is C=C1/C=C/C=C(\[C@H]2CC[C@@]3([C@@H]4CC[C@H](O)Cc5cccc(c5)C[C@H]([C@H](CN=C(N)N)c5ccc(O)cc5)[C@H](O)CN[C@H]5C(=O)N[C@@H](N)c6cccc(c65)CC(=O)C(C)=C4CC[C@@]3(C)O)[C@@H]2O)COCC#CC/C(C)=C/CC1. The number of rotatable bonds is 5. The molecular weight excluding hydrogens is 969 g/mol. The van der Waals surface area contributed by atoms with Crippen LogP contribution in [0.15, 0.2) is 130 Å². The Kier molecular flexibility index (Phi) is 18.6. The Morgan fingerprint density at radius 2 is 1.71 bits per heavy atom. The lowest BCUT2D eigenvalue weighted by molar-refractivity contribution is -0.168. The zero-order valence-corrected chi connectivity index (χ0v) is 45.0. The standard InChI is InChI=1S/C63H80N6O8/c1-38-11-5-6-30-77-37-45(18-8-14-39(2)13-7-12-38)49-27-29-63(58(49)74)53-25-24-47(71)32-41-15-9-16-42(31-41)33-51(52(35-68-61(65)66)43-20-22-46(70)23-21-43)55(73)36-67-57-56-44(17-10-19-50(56)59(64)69-60(57)75)34-54(72)40(3)48(53)26-28-62(63,4)76/h8-10,12,14-23,31,47,49,51-53,55,57-59,67,70-71,73-74,76H,2,7,11,13,24-30,32-37,64H2,1,3-4H3,(H,69,75)(H4,65,66,68)/b14-8+,38-12+,45-18-,48-40?/t47-,49+,51+,52+,53+,55+,57+,58+,59+,62+,63+/m0/s1. The second-order valence-corrected chi connectivity index (χ2v) is 22.5. The fraction of sp³-hybridized carbons (Fsp3) is 0.476. The van der Waals surface area contributed by atoms with E-state index in [4.69, 9.17) is 21.9 Å². The second-order valence-electron chi connectivity index (χ2n) is 22.5. The summed E-state index contributed by atoms with van der Waals surface area (Å²) in [6.07, 6.45) is 9.71. The summed E-state index contributed by atoms with van der Waals surface area (Å²) in [7, 11) is 0. The summed E-state index contributed by atoms with van der Waals surface area (Å²) in [5.74, 6) is 3.86. The molecule has 13 N–H and O–H groups in total. The van der Waals surface area contributed by atoms with Crippen LogP contribution in [0.1, 0.15) is 130 Å². The van der Waals surface area contributed by atoms with Crippen LogP contribution in [0.3, 0.4) is 0 Å². The lowest BCUT2D eigenvalue weighted by atomic mass is 9.52. The van der Waals surface area contributed by atoms with Gasteiger partial charge in [0, 0.05) is 43.2 Å². The number of β-amino-alcohol motifs (C(OH)–C–C–N with tert-alkyl or cyclic N) is 1. The molecule has 0 radical (unpaired) electrons. The van der Waals surface area contributed by atoms with E-state index in [9.17, 15) is 30.3 Å². The molecule has 14 nitrogen and oxygen atoms in total. The highest BCUT2D eigenvalue weighted by Gasteiger charge is 2.64. The highest BCUT2D eigenvalue weighted by molar-refractivity contribution is 5.98. The average Bonchev–Trinajstić information content (AvgIpc) is 3.87. The van der Waals surface area contributed by atoms with Gasteiger partial charge in [0.2, 0.25) is 5.91 Å². The Bertz CT molecular complexity index is 2870. The van der Waals surface area contributed by atoms with Crippen molar-refractivity contribution in [3.05, 3.63) is 159 Å². The number of phenolic OH excluding ortho intramolecular Hbond substituents is 1. The maximum absolute atomic E-state index is 15.1. The molecule has 77 heavy (non-hydrogen) atoms. The highest BCUT2D eigenvalue weighted by atomic mass is 16.5. The van der Waals surface area contributed by atoms with Crippen molar-refractivity contribution >= 4 is 17.6 Å². The summed E-state index contributed by atoms with van der Waals surface area (Å²) >= 11 is 0. The van der Waals surface area contributed by atoms with Crippen molar-refractivity contribution in [1.29, 1.82) is 0 Å². The van der Waals surface area contributed by atoms with Crippen LogP contribution in [-0.2, 0) is 33.6 Å². The van der Waals surface area contributed by atoms with Gasteiger partial charge >= 0.3 is 0 Å². The number of aliphatic hydroxyl groups excluding tert-OH is 3. The second kappa shape index (κ2) is 25.1. The number of aliphatic imine (C=N–C) groups is 1. The smallest absolute Gasteiger partial charge is 0.243 e. The highest BCUT2D eigenvalue weighted by Crippen LogP contribution is 2.63. The predicted molar refractivity (Wildman–Crippen MR) is 301 cm³/mol. The maximum atomic E-state index is 15.1. The van der Waals surface area contributed by atoms with E-state index in [-0.39, 0.29) is 56.1 Å². The topological polar surface area (TPSA) is 259 Å². The van der Waals surface area contributed by atoms with Crippen LogP contribution in [0, 0.1) is 35.0 Å². The van der Waals surface area contributed by atoms with E-state index in [2.05, 4.69) is 47.0 Å². The van der Waals surface area contributed by atoms with E-state index in [0.717, 1.165) is 46.3 Å². The Balaban J connectivity index is 1.20. The fourth-order valence-electron chi connectivity index (χ4n) is 13.3. The summed E-state index contributed by atoms with van der Waals surface area (Å²) in [5, 5.41) is 67.1. The van der Waals surface area contributed by atoms with E-state index in [1.807, 2.05) is 74.5 Å². The molecule has 410 valence electrons. The molecule has 2 bridgehead atoms. The average molecular weight is 1050 g/mol. The van der Waals surface area contributed by atoms with E-state index in [1.165, 1.54) is 5.57 Å². The van der Waals surface area contributed by atoms with Crippen LogP contribution in [-0.4, -0.2) is 93.4 Å². The summed E-state index contributed by atoms with van der Waals surface area (Å²) in [5.41, 5.74) is 24.8. The molecule has 2 fully saturated rings. The van der Waals surface area contributed by atoms with Gasteiger partial charge < -0.3 is 52.8 Å². The number of amides is 1. The molecule has 8 rings (SSSR count). The number of nitrogens with zero attached hydrogens (tertiary/aromatic N) is 1. The summed E-state index contributed by atoms with van der Waals surface area (Å²) in [4.78, 5) is 33.7. The molecule has 1 amide bonds. The van der Waals surface area contributed by atoms with E-state index < -0.39 is 65.2 Å². The van der Waals surface area contributed by atoms with Gasteiger partial charge in [-0.2, -0.15) is 0 Å². The van der Waals surface area contributed by atoms with Crippen molar-refractivity contribution < 1.29 is 39.9 Å². The number of benzene rings is 3. The van der Waals surface area contributed by atoms with E-state index in [0.29, 0.717) is 80.1 Å². The van der Waals surface area contributed by atoms with Crippen molar-refractivity contribution in [3.63, 3.8) is 0 Å². The predicted octanol–water partition coefficient (Wildman–Crippen LogP) is 6.62. The molecule has 2 saturated carbocycles. The van der Waals surface area contributed by atoms with Gasteiger partial charge in [0.25, 0.3) is 0 Å². The van der Waals surface area contributed by atoms with Crippen LogP contribution in [0.4, 0.5) is 0 Å². The number of ether oxygens (including phenoxy) is 1. The first-order chi connectivity index (χ1) is 36.9. The van der Waals surface area contributed by atoms with Crippen LogP contribution < -0.4 is 27.8 Å². The number of guanidine groups is 1. The van der Waals surface area contributed by atoms with Gasteiger partial charge in [0.05, 0.1) is 30.5 Å². The molecule has 3 aliphatic heterocycles. The molecule has 0 aromatic heterocycles. The number of hydrogen-bond donors (Lipinski definition) is 10. The van der Waals surface area contributed by atoms with E-state index >= 15 is 4.79 Å². The number of hydrogen-bond acceptors (Lipinski definition) is 11. The Hall–Kier alpha value is -6.15. The first kappa shape index (κ1) is 57.0. The van der Waals surface area contributed by atoms with Crippen LogP contribution >= 0.6 is 0 Å². The summed E-state index contributed by atoms with van der Waals surface area (Å²) in [6, 6.07) is 19.2. The van der Waals surface area contributed by atoms with Crippen LogP contribution in [0.2, 0.25) is 0 Å². The number of nitrogens with one attached hydrogen (secondary N) is 2.